The van der Waals surface area contributed by atoms with E-state index in [-0.39, 0.29) is 23.4 Å². The van der Waals surface area contributed by atoms with Crippen molar-refractivity contribution in [2.45, 2.75) is 31.4 Å². The Hall–Kier alpha value is -1.69. The van der Waals surface area contributed by atoms with Gasteiger partial charge in [0.1, 0.15) is 11.6 Å². The predicted molar refractivity (Wildman–Crippen MR) is 69.1 cm³/mol. The number of nitrogen functional groups attached to an aromatic ring is 1. The minimum Gasteiger partial charge on any atom is -0.396 e. The molecule has 2 unspecified atom stereocenters. The van der Waals surface area contributed by atoms with E-state index in [9.17, 15) is 13.6 Å². The standard InChI is InChI=1S/C14H16F2N2O2/c15-9-6-10(16)11(17)5-8(9)14(19)18-12-3-4-20-13(12)7-1-2-7/h5-7,12-13H,1-4,17H2,(H,18,19). The van der Waals surface area contributed by atoms with Gasteiger partial charge >= 0.3 is 0 Å². The number of carbonyl (C=O) groups is 1. The molecule has 3 N–H and O–H groups in total. The third-order valence-electron chi connectivity index (χ3n) is 3.87. The fourth-order valence-electron chi connectivity index (χ4n) is 2.64. The maximum Gasteiger partial charge on any atom is 0.254 e. The molecule has 0 spiro atoms. The minimum atomic E-state index is -0.906. The summed E-state index contributed by atoms with van der Waals surface area (Å²) in [6.45, 7) is 0.597. The van der Waals surface area contributed by atoms with E-state index >= 15 is 0 Å². The number of nitrogens with two attached hydrogens (primary N) is 1. The summed E-state index contributed by atoms with van der Waals surface area (Å²) in [4.78, 5) is 12.1. The van der Waals surface area contributed by atoms with Gasteiger partial charge in [0.15, 0.2) is 0 Å². The number of anilines is 1. The lowest BCUT2D eigenvalue weighted by atomic mass is 10.1. The van der Waals surface area contributed by atoms with Gasteiger partial charge in [-0.15, -0.1) is 0 Å². The van der Waals surface area contributed by atoms with Gasteiger partial charge < -0.3 is 15.8 Å². The van der Waals surface area contributed by atoms with Crippen LogP contribution in [-0.2, 0) is 4.74 Å². The quantitative estimate of drug-likeness (QED) is 0.831. The van der Waals surface area contributed by atoms with E-state index in [0.29, 0.717) is 25.0 Å². The number of hydrogen-bond donors (Lipinski definition) is 2. The van der Waals surface area contributed by atoms with Crippen LogP contribution in [0.15, 0.2) is 12.1 Å². The van der Waals surface area contributed by atoms with Gasteiger partial charge in [0.05, 0.1) is 23.4 Å². The Kier molecular flexibility index (Phi) is 3.33. The zero-order valence-corrected chi connectivity index (χ0v) is 10.9. The van der Waals surface area contributed by atoms with Gasteiger partial charge in [-0.05, 0) is 31.2 Å². The summed E-state index contributed by atoms with van der Waals surface area (Å²) < 4.78 is 32.3. The van der Waals surface area contributed by atoms with Crippen LogP contribution >= 0.6 is 0 Å². The van der Waals surface area contributed by atoms with E-state index < -0.39 is 17.5 Å². The molecule has 0 bridgehead atoms. The summed E-state index contributed by atoms with van der Waals surface area (Å²) >= 11 is 0. The van der Waals surface area contributed by atoms with E-state index in [1.54, 1.807) is 0 Å². The monoisotopic (exact) mass is 282 g/mol. The molecular formula is C14H16F2N2O2. The van der Waals surface area contributed by atoms with Crippen molar-refractivity contribution in [3.8, 4) is 0 Å². The molecule has 0 radical (unpaired) electrons. The summed E-state index contributed by atoms with van der Waals surface area (Å²) in [6.07, 6.45) is 2.94. The lowest BCUT2D eigenvalue weighted by molar-refractivity contribution is 0.0727. The number of rotatable bonds is 3. The average Bonchev–Trinajstić information content (AvgIpc) is 3.14. The zero-order chi connectivity index (χ0) is 14.3. The van der Waals surface area contributed by atoms with Crippen molar-refractivity contribution < 1.29 is 18.3 Å². The maximum atomic E-state index is 13.6. The van der Waals surface area contributed by atoms with Gasteiger partial charge in [-0.25, -0.2) is 8.78 Å². The first-order valence-electron chi connectivity index (χ1n) is 6.73. The molecular weight excluding hydrogens is 266 g/mol. The molecule has 1 saturated heterocycles. The van der Waals surface area contributed by atoms with Crippen molar-refractivity contribution >= 4 is 11.6 Å². The molecule has 1 aliphatic heterocycles. The number of hydrogen-bond acceptors (Lipinski definition) is 3. The zero-order valence-electron chi connectivity index (χ0n) is 10.9. The van der Waals surface area contributed by atoms with Gasteiger partial charge in [0.2, 0.25) is 0 Å². The Morgan fingerprint density at radius 3 is 2.70 bits per heavy atom. The van der Waals surface area contributed by atoms with Crippen molar-refractivity contribution in [1.82, 2.24) is 5.32 Å². The lowest BCUT2D eigenvalue weighted by Gasteiger charge is -2.19. The molecule has 1 saturated carbocycles. The van der Waals surface area contributed by atoms with E-state index in [0.717, 1.165) is 18.9 Å². The number of benzene rings is 1. The van der Waals surface area contributed by atoms with E-state index in [1.165, 1.54) is 0 Å². The largest absolute Gasteiger partial charge is 0.396 e. The van der Waals surface area contributed by atoms with E-state index in [1.807, 2.05) is 0 Å². The first kappa shape index (κ1) is 13.3. The second-order valence-electron chi connectivity index (χ2n) is 5.40. The maximum absolute atomic E-state index is 13.6. The molecule has 4 nitrogen and oxygen atoms in total. The molecule has 1 aromatic carbocycles. The van der Waals surface area contributed by atoms with Gasteiger partial charge in [0.25, 0.3) is 5.91 Å². The van der Waals surface area contributed by atoms with Gasteiger partial charge in [0, 0.05) is 12.7 Å². The van der Waals surface area contributed by atoms with E-state index in [4.69, 9.17) is 10.5 Å². The van der Waals surface area contributed by atoms with Gasteiger partial charge in [-0.3, -0.25) is 4.79 Å². The summed E-state index contributed by atoms with van der Waals surface area (Å²) in [5.41, 5.74) is 4.91. The smallest absolute Gasteiger partial charge is 0.254 e. The van der Waals surface area contributed by atoms with Crippen molar-refractivity contribution in [2.75, 3.05) is 12.3 Å². The highest BCUT2D eigenvalue weighted by atomic mass is 19.1. The third kappa shape index (κ3) is 2.47. The summed E-state index contributed by atoms with van der Waals surface area (Å²) in [6, 6.07) is 1.55. The van der Waals surface area contributed by atoms with Crippen LogP contribution in [0.4, 0.5) is 14.5 Å². The number of carbonyl (C=O) groups excluding carboxylic acids is 1. The predicted octanol–water partition coefficient (Wildman–Crippen LogP) is 1.84. The number of nitrogens with one attached hydrogen (secondary N) is 1. The second-order valence-corrected chi connectivity index (χ2v) is 5.40. The highest BCUT2D eigenvalue weighted by Gasteiger charge is 2.41. The molecule has 6 heteroatoms. The van der Waals surface area contributed by atoms with Crippen LogP contribution in [0.3, 0.4) is 0 Å². The topological polar surface area (TPSA) is 64.4 Å². The van der Waals surface area contributed by atoms with Crippen LogP contribution in [-0.4, -0.2) is 24.7 Å². The van der Waals surface area contributed by atoms with Crippen molar-refractivity contribution in [3.63, 3.8) is 0 Å². The molecule has 1 amide bonds. The molecule has 2 atom stereocenters. The highest BCUT2D eigenvalue weighted by molar-refractivity contribution is 5.95. The van der Waals surface area contributed by atoms with Crippen molar-refractivity contribution in [2.24, 2.45) is 5.92 Å². The Morgan fingerprint density at radius 2 is 2.00 bits per heavy atom. The average molecular weight is 282 g/mol. The van der Waals surface area contributed by atoms with Crippen LogP contribution in [0, 0.1) is 17.6 Å². The first-order valence-corrected chi connectivity index (χ1v) is 6.73. The molecule has 2 aliphatic rings. The number of amides is 1. The molecule has 108 valence electrons. The summed E-state index contributed by atoms with van der Waals surface area (Å²) in [5, 5.41) is 2.77. The molecule has 0 aromatic heterocycles. The first-order chi connectivity index (χ1) is 9.56. The van der Waals surface area contributed by atoms with Crippen LogP contribution < -0.4 is 11.1 Å². The Balaban J connectivity index is 1.74. The van der Waals surface area contributed by atoms with Crippen molar-refractivity contribution in [3.05, 3.63) is 29.3 Å². The molecule has 1 aliphatic carbocycles. The highest BCUT2D eigenvalue weighted by Crippen LogP contribution is 2.38. The molecule has 2 fully saturated rings. The molecule has 1 heterocycles. The summed E-state index contributed by atoms with van der Waals surface area (Å²) in [7, 11) is 0. The van der Waals surface area contributed by atoms with Crippen LogP contribution in [0.2, 0.25) is 0 Å². The van der Waals surface area contributed by atoms with Gasteiger partial charge in [-0.2, -0.15) is 0 Å². The SMILES string of the molecule is Nc1cc(C(=O)NC2CCOC2C2CC2)c(F)cc1F. The fraction of sp³-hybridized carbons (Fsp3) is 0.500. The summed E-state index contributed by atoms with van der Waals surface area (Å²) in [5.74, 6) is -1.85. The Labute approximate surface area is 115 Å². The molecule has 3 rings (SSSR count). The fourth-order valence-corrected chi connectivity index (χ4v) is 2.64. The Morgan fingerprint density at radius 1 is 1.25 bits per heavy atom. The normalized spacial score (nSPS) is 25.7. The lowest BCUT2D eigenvalue weighted by Crippen LogP contribution is -2.41. The molecule has 20 heavy (non-hydrogen) atoms. The van der Waals surface area contributed by atoms with Crippen LogP contribution in [0.1, 0.15) is 29.6 Å². The Bertz CT molecular complexity index is 546. The van der Waals surface area contributed by atoms with Crippen LogP contribution in [0.25, 0.3) is 0 Å². The third-order valence-corrected chi connectivity index (χ3v) is 3.87. The number of ether oxygens (including phenoxy) is 1. The number of halogens is 2. The molecule has 1 aromatic rings. The van der Waals surface area contributed by atoms with Gasteiger partial charge in [-0.1, -0.05) is 0 Å². The van der Waals surface area contributed by atoms with Crippen molar-refractivity contribution in [1.29, 1.82) is 0 Å². The minimum absolute atomic E-state index is 0.0137. The van der Waals surface area contributed by atoms with Crippen LogP contribution in [0.5, 0.6) is 0 Å². The van der Waals surface area contributed by atoms with E-state index in [2.05, 4.69) is 5.32 Å². The second kappa shape index (κ2) is 5.01.